The minimum atomic E-state index is -0.0568. The number of imidazole rings is 1. The molecule has 8 heteroatoms. The third-order valence-electron chi connectivity index (χ3n) is 5.17. The smallest absolute Gasteiger partial charge is 0.231 e. The number of ether oxygens (including phenoxy) is 4. The summed E-state index contributed by atoms with van der Waals surface area (Å²) in [4.78, 5) is 4.84. The first-order valence-corrected chi connectivity index (χ1v) is 9.68. The normalized spacial score (nSPS) is 12.2. The molecule has 5 rings (SSSR count). The molecule has 3 heterocycles. The average Bonchev–Trinajstić information content (AvgIpc) is 3.38. The molecule has 2 aromatic heterocycles. The molecule has 0 atom stereocenters. The van der Waals surface area contributed by atoms with E-state index in [2.05, 4.69) is 5.32 Å². The number of anilines is 2. The van der Waals surface area contributed by atoms with E-state index in [0.717, 1.165) is 28.3 Å². The zero-order chi connectivity index (χ0) is 21.5. The molecular formula is C23H21N3O5. The molecule has 2 aromatic carbocycles. The Morgan fingerprint density at radius 2 is 1.74 bits per heavy atom. The summed E-state index contributed by atoms with van der Waals surface area (Å²) in [6.45, 7) is 2.23. The van der Waals surface area contributed by atoms with Gasteiger partial charge in [-0.3, -0.25) is 4.40 Å². The highest BCUT2D eigenvalue weighted by atomic mass is 16.7. The number of methoxy groups -OCH3 is 2. The Balaban J connectivity index is 1.68. The van der Waals surface area contributed by atoms with E-state index < -0.39 is 0 Å². The van der Waals surface area contributed by atoms with Gasteiger partial charge in [-0.25, -0.2) is 4.98 Å². The van der Waals surface area contributed by atoms with Crippen LogP contribution in [-0.2, 0) is 0 Å². The van der Waals surface area contributed by atoms with Crippen LogP contribution in [0.25, 0.3) is 16.9 Å². The van der Waals surface area contributed by atoms with Gasteiger partial charge < -0.3 is 29.4 Å². The van der Waals surface area contributed by atoms with Crippen LogP contribution in [0.5, 0.6) is 28.7 Å². The van der Waals surface area contributed by atoms with Gasteiger partial charge in [-0.05, 0) is 48.9 Å². The van der Waals surface area contributed by atoms with E-state index in [1.165, 1.54) is 14.2 Å². The number of rotatable bonds is 5. The molecule has 158 valence electrons. The van der Waals surface area contributed by atoms with Crippen LogP contribution in [0, 0.1) is 6.92 Å². The quantitative estimate of drug-likeness (QED) is 0.492. The van der Waals surface area contributed by atoms with Crippen molar-refractivity contribution in [1.82, 2.24) is 9.38 Å². The van der Waals surface area contributed by atoms with Crippen LogP contribution in [0.1, 0.15) is 5.56 Å². The fourth-order valence-corrected chi connectivity index (χ4v) is 3.61. The summed E-state index contributed by atoms with van der Waals surface area (Å²) in [6, 6.07) is 13.2. The highest BCUT2D eigenvalue weighted by Gasteiger charge is 2.20. The Hall–Kier alpha value is -4.07. The van der Waals surface area contributed by atoms with Crippen LogP contribution in [0.15, 0.2) is 48.7 Å². The molecule has 0 aliphatic carbocycles. The predicted molar refractivity (Wildman–Crippen MR) is 116 cm³/mol. The first kappa shape index (κ1) is 18.9. The SMILES string of the molecule is COc1cc(-c2nc3cc(C)ccn3c2Nc2ccc3c(c2)OCO3)cc(OC)c1O. The van der Waals surface area contributed by atoms with Crippen molar-refractivity contribution in [3.05, 3.63) is 54.2 Å². The van der Waals surface area contributed by atoms with Crippen LogP contribution in [0.3, 0.4) is 0 Å². The van der Waals surface area contributed by atoms with Gasteiger partial charge in [-0.15, -0.1) is 0 Å². The minimum absolute atomic E-state index is 0.0568. The van der Waals surface area contributed by atoms with Crippen molar-refractivity contribution in [2.45, 2.75) is 6.92 Å². The molecule has 0 fully saturated rings. The van der Waals surface area contributed by atoms with Gasteiger partial charge in [-0.2, -0.15) is 0 Å². The molecule has 0 spiro atoms. The standard InChI is InChI=1S/C23H21N3O5/c1-13-6-7-26-20(8-13)25-21(14-9-18(28-2)22(27)19(10-14)29-3)23(26)24-15-4-5-16-17(11-15)31-12-30-16/h4-11,24,27H,12H2,1-3H3. The monoisotopic (exact) mass is 419 g/mol. The summed E-state index contributed by atoms with van der Waals surface area (Å²) in [5.41, 5.74) is 4.12. The Labute approximate surface area is 178 Å². The lowest BCUT2D eigenvalue weighted by Gasteiger charge is -2.13. The molecule has 2 N–H and O–H groups in total. The number of fused-ring (bicyclic) bond motifs is 2. The molecule has 0 saturated heterocycles. The van der Waals surface area contributed by atoms with E-state index in [4.69, 9.17) is 23.9 Å². The summed E-state index contributed by atoms with van der Waals surface area (Å²) in [6.07, 6.45) is 1.96. The number of phenolic OH excluding ortho intramolecular Hbond substituents is 1. The summed E-state index contributed by atoms with van der Waals surface area (Å²) >= 11 is 0. The first-order chi connectivity index (χ1) is 15.1. The van der Waals surface area contributed by atoms with Crippen LogP contribution >= 0.6 is 0 Å². The van der Waals surface area contributed by atoms with Gasteiger partial charge in [0.15, 0.2) is 23.0 Å². The number of aromatic hydroxyl groups is 1. The fourth-order valence-electron chi connectivity index (χ4n) is 3.61. The molecular weight excluding hydrogens is 398 g/mol. The molecule has 8 nitrogen and oxygen atoms in total. The molecule has 0 saturated carbocycles. The summed E-state index contributed by atoms with van der Waals surface area (Å²) < 4.78 is 23.6. The van der Waals surface area contributed by atoms with Gasteiger partial charge in [-0.1, -0.05) is 0 Å². The van der Waals surface area contributed by atoms with Crippen molar-refractivity contribution >= 4 is 17.2 Å². The fraction of sp³-hybridized carbons (Fsp3) is 0.174. The molecule has 1 aliphatic heterocycles. The summed E-state index contributed by atoms with van der Waals surface area (Å²) in [5.74, 6) is 2.70. The van der Waals surface area contributed by atoms with E-state index in [1.54, 1.807) is 12.1 Å². The molecule has 0 amide bonds. The van der Waals surface area contributed by atoms with Gasteiger partial charge in [0, 0.05) is 23.5 Å². The second-order valence-electron chi connectivity index (χ2n) is 7.16. The highest BCUT2D eigenvalue weighted by Crippen LogP contribution is 2.43. The number of nitrogens with zero attached hydrogens (tertiary/aromatic N) is 2. The number of hydrogen-bond acceptors (Lipinski definition) is 7. The Morgan fingerprint density at radius 1 is 1.00 bits per heavy atom. The van der Waals surface area contributed by atoms with E-state index >= 15 is 0 Å². The van der Waals surface area contributed by atoms with Crippen molar-refractivity contribution in [1.29, 1.82) is 0 Å². The lowest BCUT2D eigenvalue weighted by Crippen LogP contribution is -1.98. The van der Waals surface area contributed by atoms with E-state index in [9.17, 15) is 5.11 Å². The number of nitrogens with one attached hydrogen (secondary N) is 1. The van der Waals surface area contributed by atoms with Crippen molar-refractivity contribution in [3.63, 3.8) is 0 Å². The topological polar surface area (TPSA) is 86.5 Å². The van der Waals surface area contributed by atoms with E-state index in [1.807, 2.05) is 47.9 Å². The van der Waals surface area contributed by atoms with Crippen LogP contribution < -0.4 is 24.3 Å². The number of benzene rings is 2. The summed E-state index contributed by atoms with van der Waals surface area (Å²) in [7, 11) is 2.99. The number of aromatic nitrogens is 2. The predicted octanol–water partition coefficient (Wildman–Crippen LogP) is 4.50. The number of pyridine rings is 1. The highest BCUT2D eigenvalue weighted by molar-refractivity contribution is 5.82. The first-order valence-electron chi connectivity index (χ1n) is 9.68. The van der Waals surface area contributed by atoms with E-state index in [0.29, 0.717) is 28.7 Å². The van der Waals surface area contributed by atoms with Gasteiger partial charge in [0.1, 0.15) is 17.2 Å². The zero-order valence-corrected chi connectivity index (χ0v) is 17.3. The van der Waals surface area contributed by atoms with Crippen LogP contribution in [0.4, 0.5) is 11.5 Å². The number of phenols is 1. The molecule has 31 heavy (non-hydrogen) atoms. The lowest BCUT2D eigenvalue weighted by molar-refractivity contribution is 0.174. The van der Waals surface area contributed by atoms with Crippen molar-refractivity contribution < 1.29 is 24.1 Å². The second kappa shape index (κ2) is 7.32. The lowest BCUT2D eigenvalue weighted by atomic mass is 10.1. The average molecular weight is 419 g/mol. The van der Waals surface area contributed by atoms with Crippen LogP contribution in [0.2, 0.25) is 0 Å². The van der Waals surface area contributed by atoms with Crippen molar-refractivity contribution in [2.24, 2.45) is 0 Å². The maximum atomic E-state index is 10.3. The number of hydrogen-bond donors (Lipinski definition) is 2. The third kappa shape index (κ3) is 3.22. The van der Waals surface area contributed by atoms with Gasteiger partial charge in [0.25, 0.3) is 0 Å². The molecule has 4 aromatic rings. The van der Waals surface area contributed by atoms with Gasteiger partial charge in [0.05, 0.1) is 14.2 Å². The maximum absolute atomic E-state index is 10.3. The second-order valence-corrected chi connectivity index (χ2v) is 7.16. The minimum Gasteiger partial charge on any atom is -0.502 e. The zero-order valence-electron chi connectivity index (χ0n) is 17.3. The van der Waals surface area contributed by atoms with Crippen LogP contribution in [-0.4, -0.2) is 35.5 Å². The molecule has 0 bridgehead atoms. The van der Waals surface area contributed by atoms with E-state index in [-0.39, 0.29) is 12.5 Å². The summed E-state index contributed by atoms with van der Waals surface area (Å²) in [5, 5.41) is 13.8. The van der Waals surface area contributed by atoms with Gasteiger partial charge >= 0.3 is 0 Å². The third-order valence-corrected chi connectivity index (χ3v) is 5.17. The van der Waals surface area contributed by atoms with Crippen molar-refractivity contribution in [2.75, 3.05) is 26.3 Å². The number of aryl methyl sites for hydroxylation is 1. The Kier molecular flexibility index (Phi) is 4.47. The van der Waals surface area contributed by atoms with Gasteiger partial charge in [0.2, 0.25) is 12.5 Å². The molecule has 0 radical (unpaired) electrons. The molecule has 1 aliphatic rings. The Bertz CT molecular complexity index is 1270. The largest absolute Gasteiger partial charge is 0.502 e. The molecule has 0 unspecified atom stereocenters. The maximum Gasteiger partial charge on any atom is 0.231 e. The van der Waals surface area contributed by atoms with Crippen molar-refractivity contribution in [3.8, 4) is 40.0 Å². The Morgan fingerprint density at radius 3 is 2.48 bits per heavy atom.